The van der Waals surface area contributed by atoms with Crippen molar-refractivity contribution >= 4 is 11.9 Å². The summed E-state index contributed by atoms with van der Waals surface area (Å²) in [6, 6.07) is 7.90. The Hall–Kier alpha value is -2.76. The van der Waals surface area contributed by atoms with Crippen LogP contribution in [0.2, 0.25) is 0 Å². The van der Waals surface area contributed by atoms with E-state index in [2.05, 4.69) is 4.74 Å². The highest BCUT2D eigenvalue weighted by atomic mass is 16.5. The molecule has 0 unspecified atom stereocenters. The first-order chi connectivity index (χ1) is 10.1. The Morgan fingerprint density at radius 3 is 2.43 bits per heavy atom. The highest BCUT2D eigenvalue weighted by Gasteiger charge is 2.19. The lowest BCUT2D eigenvalue weighted by Gasteiger charge is -2.10. The summed E-state index contributed by atoms with van der Waals surface area (Å²) in [5.41, 5.74) is 0.501. The van der Waals surface area contributed by atoms with Crippen molar-refractivity contribution in [2.75, 3.05) is 14.2 Å². The lowest BCUT2D eigenvalue weighted by Crippen LogP contribution is -2.15. The van der Waals surface area contributed by atoms with Crippen molar-refractivity contribution in [3.05, 3.63) is 47.8 Å². The van der Waals surface area contributed by atoms with Gasteiger partial charge in [0, 0.05) is 13.2 Å². The number of esters is 2. The third-order valence-corrected chi connectivity index (χ3v) is 2.95. The van der Waals surface area contributed by atoms with Gasteiger partial charge in [-0.05, 0) is 30.3 Å². The molecule has 1 heterocycles. The molecule has 2 aromatic rings. The zero-order chi connectivity index (χ0) is 15.4. The van der Waals surface area contributed by atoms with Crippen molar-refractivity contribution in [2.24, 2.45) is 7.05 Å². The van der Waals surface area contributed by atoms with Crippen LogP contribution >= 0.6 is 0 Å². The molecule has 2 rings (SSSR count). The number of hydrogen-bond acceptors (Lipinski definition) is 5. The summed E-state index contributed by atoms with van der Waals surface area (Å²) in [6.45, 7) is 0. The summed E-state index contributed by atoms with van der Waals surface area (Å²) >= 11 is 0. The predicted octanol–water partition coefficient (Wildman–Crippen LogP) is 2.04. The average molecular weight is 289 g/mol. The molecule has 0 N–H and O–H groups in total. The van der Waals surface area contributed by atoms with E-state index < -0.39 is 11.9 Å². The molecule has 0 fully saturated rings. The smallest absolute Gasteiger partial charge is 0.360 e. The zero-order valence-electron chi connectivity index (χ0n) is 12.0. The van der Waals surface area contributed by atoms with Crippen molar-refractivity contribution in [2.45, 2.75) is 0 Å². The van der Waals surface area contributed by atoms with Crippen LogP contribution in [0.4, 0.5) is 0 Å². The summed E-state index contributed by atoms with van der Waals surface area (Å²) in [6.07, 6.45) is 1.73. The van der Waals surface area contributed by atoms with Crippen LogP contribution in [0.1, 0.15) is 20.8 Å². The number of aromatic nitrogens is 1. The van der Waals surface area contributed by atoms with Crippen LogP contribution in [0.25, 0.3) is 0 Å². The standard InChI is InChI=1S/C15H15NO5/c1-16-8-4-5-12(16)15(18)21-13-7-6-10(19-2)9-11(13)14(17)20-3/h4-9H,1-3H3. The number of benzene rings is 1. The lowest BCUT2D eigenvalue weighted by molar-refractivity contribution is 0.0592. The Bertz CT molecular complexity index is 674. The van der Waals surface area contributed by atoms with E-state index in [-0.39, 0.29) is 11.3 Å². The van der Waals surface area contributed by atoms with Crippen LogP contribution < -0.4 is 9.47 Å². The second kappa shape index (κ2) is 6.13. The monoisotopic (exact) mass is 289 g/mol. The first kappa shape index (κ1) is 14.6. The molecule has 0 saturated heterocycles. The molecule has 6 nitrogen and oxygen atoms in total. The molecule has 0 saturated carbocycles. The Labute approximate surface area is 121 Å². The number of carbonyl (C=O) groups is 2. The van der Waals surface area contributed by atoms with Gasteiger partial charge in [0.05, 0.1) is 14.2 Å². The first-order valence-electron chi connectivity index (χ1n) is 6.16. The second-order valence-electron chi connectivity index (χ2n) is 4.25. The van der Waals surface area contributed by atoms with E-state index >= 15 is 0 Å². The number of carbonyl (C=O) groups excluding carboxylic acids is 2. The van der Waals surface area contributed by atoms with Crippen LogP contribution in [-0.2, 0) is 11.8 Å². The van der Waals surface area contributed by atoms with E-state index in [0.29, 0.717) is 11.4 Å². The molecule has 1 aromatic heterocycles. The molecule has 21 heavy (non-hydrogen) atoms. The van der Waals surface area contributed by atoms with Crippen molar-refractivity contribution in [3.63, 3.8) is 0 Å². The summed E-state index contributed by atoms with van der Waals surface area (Å²) in [5.74, 6) is -0.579. The first-order valence-corrected chi connectivity index (χ1v) is 6.16. The largest absolute Gasteiger partial charge is 0.497 e. The van der Waals surface area contributed by atoms with E-state index in [1.165, 1.54) is 26.4 Å². The van der Waals surface area contributed by atoms with Crippen LogP contribution in [0.3, 0.4) is 0 Å². The van der Waals surface area contributed by atoms with Crippen LogP contribution in [0, 0.1) is 0 Å². The zero-order valence-corrected chi connectivity index (χ0v) is 12.0. The maximum Gasteiger partial charge on any atom is 0.360 e. The van der Waals surface area contributed by atoms with Crippen molar-refractivity contribution < 1.29 is 23.8 Å². The van der Waals surface area contributed by atoms with E-state index in [4.69, 9.17) is 9.47 Å². The minimum atomic E-state index is -0.608. The molecule has 0 aliphatic rings. The highest BCUT2D eigenvalue weighted by molar-refractivity contribution is 5.96. The number of methoxy groups -OCH3 is 2. The fraction of sp³-hybridized carbons (Fsp3) is 0.200. The Balaban J connectivity index is 2.33. The van der Waals surface area contributed by atoms with E-state index in [0.717, 1.165) is 0 Å². The van der Waals surface area contributed by atoms with Gasteiger partial charge >= 0.3 is 11.9 Å². The van der Waals surface area contributed by atoms with Gasteiger partial charge in [0.2, 0.25) is 0 Å². The number of hydrogen-bond donors (Lipinski definition) is 0. The number of nitrogens with zero attached hydrogens (tertiary/aromatic N) is 1. The Kier molecular flexibility index (Phi) is 4.27. The van der Waals surface area contributed by atoms with Crippen molar-refractivity contribution in [3.8, 4) is 11.5 Å². The average Bonchev–Trinajstić information content (AvgIpc) is 2.93. The number of rotatable bonds is 4. The Morgan fingerprint density at radius 1 is 1.10 bits per heavy atom. The maximum atomic E-state index is 12.1. The molecular formula is C15H15NO5. The molecule has 0 aliphatic carbocycles. The van der Waals surface area contributed by atoms with Crippen LogP contribution in [0.5, 0.6) is 11.5 Å². The van der Waals surface area contributed by atoms with Gasteiger partial charge in [-0.2, -0.15) is 0 Å². The quantitative estimate of drug-likeness (QED) is 0.636. The van der Waals surface area contributed by atoms with Gasteiger partial charge in [0.1, 0.15) is 22.8 Å². The van der Waals surface area contributed by atoms with E-state index in [1.807, 2.05) is 0 Å². The van der Waals surface area contributed by atoms with E-state index in [9.17, 15) is 9.59 Å². The summed E-state index contributed by atoms with van der Waals surface area (Å²) in [4.78, 5) is 23.9. The van der Waals surface area contributed by atoms with Gasteiger partial charge in [-0.3, -0.25) is 0 Å². The van der Waals surface area contributed by atoms with E-state index in [1.54, 1.807) is 36.0 Å². The second-order valence-corrected chi connectivity index (χ2v) is 4.25. The number of aryl methyl sites for hydroxylation is 1. The molecule has 1 aromatic carbocycles. The predicted molar refractivity (Wildman–Crippen MR) is 74.7 cm³/mol. The third kappa shape index (κ3) is 3.05. The topological polar surface area (TPSA) is 66.8 Å². The number of ether oxygens (including phenoxy) is 3. The third-order valence-electron chi connectivity index (χ3n) is 2.95. The van der Waals surface area contributed by atoms with Gasteiger partial charge in [-0.25, -0.2) is 9.59 Å². The molecule has 0 atom stereocenters. The summed E-state index contributed by atoms with van der Waals surface area (Å²) < 4.78 is 16.6. The van der Waals surface area contributed by atoms with Crippen LogP contribution in [-0.4, -0.2) is 30.7 Å². The summed E-state index contributed by atoms with van der Waals surface area (Å²) in [5, 5.41) is 0. The minimum absolute atomic E-state index is 0.119. The maximum absolute atomic E-state index is 12.1. The minimum Gasteiger partial charge on any atom is -0.497 e. The normalized spacial score (nSPS) is 10.0. The van der Waals surface area contributed by atoms with Gasteiger partial charge in [0.25, 0.3) is 0 Å². The fourth-order valence-corrected chi connectivity index (χ4v) is 1.82. The van der Waals surface area contributed by atoms with Crippen molar-refractivity contribution in [1.29, 1.82) is 0 Å². The fourth-order valence-electron chi connectivity index (χ4n) is 1.82. The molecule has 0 bridgehead atoms. The van der Waals surface area contributed by atoms with Gasteiger partial charge < -0.3 is 18.8 Å². The molecule has 0 amide bonds. The molecule has 0 aliphatic heterocycles. The van der Waals surface area contributed by atoms with Gasteiger partial charge in [-0.15, -0.1) is 0 Å². The molecule has 6 heteroatoms. The molecular weight excluding hydrogens is 274 g/mol. The summed E-state index contributed by atoms with van der Waals surface area (Å²) in [7, 11) is 4.46. The lowest BCUT2D eigenvalue weighted by atomic mass is 10.2. The van der Waals surface area contributed by atoms with Gasteiger partial charge in [0.15, 0.2) is 0 Å². The van der Waals surface area contributed by atoms with Gasteiger partial charge in [-0.1, -0.05) is 0 Å². The van der Waals surface area contributed by atoms with Crippen LogP contribution in [0.15, 0.2) is 36.5 Å². The van der Waals surface area contributed by atoms with Crippen molar-refractivity contribution in [1.82, 2.24) is 4.57 Å². The molecule has 0 radical (unpaired) electrons. The SMILES string of the molecule is COC(=O)c1cc(OC)ccc1OC(=O)c1cccn1C. The molecule has 0 spiro atoms. The Morgan fingerprint density at radius 2 is 1.86 bits per heavy atom. The highest BCUT2D eigenvalue weighted by Crippen LogP contribution is 2.25. The molecule has 110 valence electrons.